The molecule has 0 aliphatic heterocycles. The van der Waals surface area contributed by atoms with E-state index >= 15 is 0 Å². The highest BCUT2D eigenvalue weighted by Gasteiger charge is 2.11. The Morgan fingerprint density at radius 3 is 2.39 bits per heavy atom. The molecule has 0 heterocycles. The second kappa shape index (κ2) is 7.93. The van der Waals surface area contributed by atoms with Crippen LogP contribution in [0.2, 0.25) is 0 Å². The minimum absolute atomic E-state index is 0.0210. The van der Waals surface area contributed by atoms with Gasteiger partial charge in [0.2, 0.25) is 5.91 Å². The van der Waals surface area contributed by atoms with E-state index < -0.39 is 0 Å². The number of hydrogen-bond donors (Lipinski definition) is 1. The van der Waals surface area contributed by atoms with E-state index in [0.29, 0.717) is 12.5 Å². The summed E-state index contributed by atoms with van der Waals surface area (Å²) in [5.74, 6) is 0.407. The fourth-order valence-electron chi connectivity index (χ4n) is 2.61. The number of para-hydroxylation sites is 1. The molecule has 3 heteroatoms. The van der Waals surface area contributed by atoms with Gasteiger partial charge in [-0.05, 0) is 37.1 Å². The van der Waals surface area contributed by atoms with Gasteiger partial charge in [-0.2, -0.15) is 0 Å². The van der Waals surface area contributed by atoms with Crippen molar-refractivity contribution in [3.05, 3.63) is 65.2 Å². The minimum Gasteiger partial charge on any atom is -0.325 e. The number of amides is 1. The Kier molecular flexibility index (Phi) is 5.94. The number of nitrogens with zero attached hydrogens (tertiary/aromatic N) is 1. The van der Waals surface area contributed by atoms with Crippen LogP contribution in [-0.4, -0.2) is 24.4 Å². The van der Waals surface area contributed by atoms with Gasteiger partial charge < -0.3 is 5.32 Å². The monoisotopic (exact) mass is 310 g/mol. The summed E-state index contributed by atoms with van der Waals surface area (Å²) in [5.41, 5.74) is 4.55. The summed E-state index contributed by atoms with van der Waals surface area (Å²) in [4.78, 5) is 14.3. The van der Waals surface area contributed by atoms with Crippen molar-refractivity contribution in [2.45, 2.75) is 33.2 Å². The van der Waals surface area contributed by atoms with E-state index in [1.54, 1.807) is 0 Å². The maximum absolute atomic E-state index is 12.3. The molecule has 2 rings (SSSR count). The molecule has 0 aromatic heterocycles. The van der Waals surface area contributed by atoms with Crippen LogP contribution in [-0.2, 0) is 11.3 Å². The second-order valence-corrected chi connectivity index (χ2v) is 6.45. The highest BCUT2D eigenvalue weighted by molar-refractivity contribution is 5.93. The summed E-state index contributed by atoms with van der Waals surface area (Å²) in [5, 5.41) is 3.04. The van der Waals surface area contributed by atoms with Crippen LogP contribution in [0.25, 0.3) is 0 Å². The Labute approximate surface area is 139 Å². The number of rotatable bonds is 6. The summed E-state index contributed by atoms with van der Waals surface area (Å²) < 4.78 is 0. The van der Waals surface area contributed by atoms with Crippen LogP contribution in [0.15, 0.2) is 48.5 Å². The fraction of sp³-hybridized carbons (Fsp3) is 0.350. The van der Waals surface area contributed by atoms with Gasteiger partial charge in [0.25, 0.3) is 0 Å². The molecule has 0 bridgehead atoms. The Balaban J connectivity index is 1.93. The fourth-order valence-corrected chi connectivity index (χ4v) is 2.61. The lowest BCUT2D eigenvalue weighted by atomic mass is 10.0. The summed E-state index contributed by atoms with van der Waals surface area (Å²) in [6.07, 6.45) is 0. The second-order valence-electron chi connectivity index (χ2n) is 6.45. The summed E-state index contributed by atoms with van der Waals surface area (Å²) in [6, 6.07) is 16.4. The maximum Gasteiger partial charge on any atom is 0.238 e. The molecule has 2 aromatic rings. The van der Waals surface area contributed by atoms with Gasteiger partial charge in [0.15, 0.2) is 0 Å². The first-order valence-corrected chi connectivity index (χ1v) is 8.08. The largest absolute Gasteiger partial charge is 0.325 e. The zero-order valence-corrected chi connectivity index (χ0v) is 14.5. The molecular weight excluding hydrogens is 284 g/mol. The number of carbonyl (C=O) groups is 1. The standard InChI is InChI=1S/C20H26N2O/c1-15(2)18-7-5-6-8-19(18)21-20(23)14-22(4)13-17-11-9-16(3)10-12-17/h5-12,15H,13-14H2,1-4H3,(H,21,23). The summed E-state index contributed by atoms with van der Waals surface area (Å²) in [7, 11) is 1.97. The van der Waals surface area contributed by atoms with E-state index in [1.165, 1.54) is 16.7 Å². The molecule has 0 saturated heterocycles. The van der Waals surface area contributed by atoms with Crippen molar-refractivity contribution in [1.82, 2.24) is 4.90 Å². The molecular formula is C20H26N2O. The lowest BCUT2D eigenvalue weighted by molar-refractivity contribution is -0.117. The first-order chi connectivity index (χ1) is 11.0. The van der Waals surface area contributed by atoms with Crippen LogP contribution in [0.3, 0.4) is 0 Å². The number of likely N-dealkylation sites (N-methyl/N-ethyl adjacent to an activating group) is 1. The van der Waals surface area contributed by atoms with Crippen LogP contribution in [0.4, 0.5) is 5.69 Å². The summed E-state index contributed by atoms with van der Waals surface area (Å²) >= 11 is 0. The smallest absolute Gasteiger partial charge is 0.238 e. The van der Waals surface area contributed by atoms with E-state index in [0.717, 1.165) is 12.2 Å². The molecule has 0 unspecified atom stereocenters. The Morgan fingerprint density at radius 1 is 1.09 bits per heavy atom. The Hall–Kier alpha value is -2.13. The average molecular weight is 310 g/mol. The molecule has 0 aliphatic carbocycles. The highest BCUT2D eigenvalue weighted by Crippen LogP contribution is 2.23. The molecule has 0 saturated carbocycles. The van der Waals surface area contributed by atoms with Gasteiger partial charge in [0, 0.05) is 12.2 Å². The number of nitrogens with one attached hydrogen (secondary N) is 1. The van der Waals surface area contributed by atoms with E-state index in [9.17, 15) is 4.79 Å². The highest BCUT2D eigenvalue weighted by atomic mass is 16.2. The van der Waals surface area contributed by atoms with Gasteiger partial charge in [0.1, 0.15) is 0 Å². The third kappa shape index (κ3) is 5.22. The van der Waals surface area contributed by atoms with Gasteiger partial charge in [-0.3, -0.25) is 9.69 Å². The van der Waals surface area contributed by atoms with Crippen LogP contribution < -0.4 is 5.32 Å². The Bertz CT molecular complexity index is 647. The van der Waals surface area contributed by atoms with Crippen molar-refractivity contribution < 1.29 is 4.79 Å². The van der Waals surface area contributed by atoms with Crippen LogP contribution in [0, 0.1) is 6.92 Å². The van der Waals surface area contributed by atoms with Gasteiger partial charge in [-0.15, -0.1) is 0 Å². The first kappa shape index (κ1) is 17.2. The van der Waals surface area contributed by atoms with Gasteiger partial charge >= 0.3 is 0 Å². The maximum atomic E-state index is 12.3. The van der Waals surface area contributed by atoms with E-state index in [2.05, 4.69) is 56.4 Å². The van der Waals surface area contributed by atoms with Crippen LogP contribution >= 0.6 is 0 Å². The van der Waals surface area contributed by atoms with Gasteiger partial charge in [-0.25, -0.2) is 0 Å². The zero-order valence-electron chi connectivity index (χ0n) is 14.5. The molecule has 1 amide bonds. The molecule has 3 nitrogen and oxygen atoms in total. The third-order valence-electron chi connectivity index (χ3n) is 3.84. The lowest BCUT2D eigenvalue weighted by Gasteiger charge is -2.18. The minimum atomic E-state index is 0.0210. The number of hydrogen-bond acceptors (Lipinski definition) is 2. The molecule has 2 aromatic carbocycles. The molecule has 0 aliphatic rings. The average Bonchev–Trinajstić information content (AvgIpc) is 2.49. The molecule has 0 radical (unpaired) electrons. The third-order valence-corrected chi connectivity index (χ3v) is 3.84. The molecule has 1 N–H and O–H groups in total. The predicted molar refractivity (Wildman–Crippen MR) is 96.7 cm³/mol. The van der Waals surface area contributed by atoms with E-state index in [4.69, 9.17) is 0 Å². The Morgan fingerprint density at radius 2 is 1.74 bits per heavy atom. The number of benzene rings is 2. The molecule has 122 valence electrons. The normalized spacial score (nSPS) is 11.0. The van der Waals surface area contributed by atoms with Crippen LogP contribution in [0.5, 0.6) is 0 Å². The van der Waals surface area contributed by atoms with Crippen molar-refractivity contribution in [2.75, 3.05) is 18.9 Å². The predicted octanol–water partition coefficient (Wildman–Crippen LogP) is 4.19. The van der Waals surface area contributed by atoms with Gasteiger partial charge in [0.05, 0.1) is 6.54 Å². The first-order valence-electron chi connectivity index (χ1n) is 8.08. The van der Waals surface area contributed by atoms with Gasteiger partial charge in [-0.1, -0.05) is 61.9 Å². The van der Waals surface area contributed by atoms with E-state index in [1.807, 2.05) is 30.1 Å². The quantitative estimate of drug-likeness (QED) is 0.867. The molecule has 0 fully saturated rings. The number of carbonyl (C=O) groups excluding carboxylic acids is 1. The zero-order chi connectivity index (χ0) is 16.8. The number of aryl methyl sites for hydroxylation is 1. The SMILES string of the molecule is Cc1ccc(CN(C)CC(=O)Nc2ccccc2C(C)C)cc1. The van der Waals surface area contributed by atoms with Crippen molar-refractivity contribution in [1.29, 1.82) is 0 Å². The topological polar surface area (TPSA) is 32.3 Å². The van der Waals surface area contributed by atoms with Crippen molar-refractivity contribution >= 4 is 11.6 Å². The lowest BCUT2D eigenvalue weighted by Crippen LogP contribution is -2.30. The van der Waals surface area contributed by atoms with Crippen molar-refractivity contribution in [3.63, 3.8) is 0 Å². The summed E-state index contributed by atoms with van der Waals surface area (Å²) in [6.45, 7) is 7.48. The van der Waals surface area contributed by atoms with Crippen molar-refractivity contribution in [3.8, 4) is 0 Å². The molecule has 0 spiro atoms. The van der Waals surface area contributed by atoms with E-state index in [-0.39, 0.29) is 5.91 Å². The van der Waals surface area contributed by atoms with Crippen molar-refractivity contribution in [2.24, 2.45) is 0 Å². The molecule has 23 heavy (non-hydrogen) atoms. The van der Waals surface area contributed by atoms with Crippen LogP contribution in [0.1, 0.15) is 36.5 Å². The molecule has 0 atom stereocenters. The number of anilines is 1.